The molecule has 0 fully saturated rings. The molecule has 0 aliphatic carbocycles. The van der Waals surface area contributed by atoms with Gasteiger partial charge in [0.05, 0.1) is 18.2 Å². The Hall–Kier alpha value is -3.59. The van der Waals surface area contributed by atoms with Gasteiger partial charge in [-0.2, -0.15) is 4.68 Å². The Bertz CT molecular complexity index is 1250. The van der Waals surface area contributed by atoms with Crippen molar-refractivity contribution in [3.05, 3.63) is 69.5 Å². The van der Waals surface area contributed by atoms with E-state index in [1.54, 1.807) is 38.3 Å². The first-order chi connectivity index (χ1) is 14.1. The maximum absolute atomic E-state index is 12.5. The monoisotopic (exact) mass is 408 g/mol. The first-order valence-corrected chi connectivity index (χ1v) is 9.50. The molecule has 0 bridgehead atoms. The molecular formula is C20H16N4O4S. The van der Waals surface area contributed by atoms with Crippen LogP contribution in [0.4, 0.5) is 0 Å². The zero-order valence-corrected chi connectivity index (χ0v) is 16.5. The van der Waals surface area contributed by atoms with Crippen molar-refractivity contribution in [2.75, 3.05) is 7.11 Å². The zero-order valence-electron chi connectivity index (χ0n) is 15.7. The highest BCUT2D eigenvalue weighted by Gasteiger charge is 2.18. The van der Waals surface area contributed by atoms with E-state index < -0.39 is 5.97 Å². The van der Waals surface area contributed by atoms with E-state index in [2.05, 4.69) is 15.3 Å². The number of thiazole rings is 1. The van der Waals surface area contributed by atoms with Gasteiger partial charge in [0.15, 0.2) is 6.73 Å². The van der Waals surface area contributed by atoms with Gasteiger partial charge < -0.3 is 9.47 Å². The summed E-state index contributed by atoms with van der Waals surface area (Å²) in [6, 6.07) is 14.3. The average Bonchev–Trinajstić information content (AvgIpc) is 3.15. The quantitative estimate of drug-likeness (QED) is 0.468. The molecule has 0 aliphatic heterocycles. The number of aromatic nitrogens is 4. The predicted octanol–water partition coefficient (Wildman–Crippen LogP) is 3.05. The van der Waals surface area contributed by atoms with Crippen LogP contribution < -0.4 is 10.3 Å². The fourth-order valence-corrected chi connectivity index (χ4v) is 3.70. The SMILES string of the molecule is COc1ccc(-c2nc(C)c(C(=O)OCn3nnc4ccccc4c3=O)s2)cc1. The van der Waals surface area contributed by atoms with E-state index in [1.165, 1.54) is 11.3 Å². The number of benzene rings is 2. The molecule has 29 heavy (non-hydrogen) atoms. The topological polar surface area (TPSA) is 96.2 Å². The van der Waals surface area contributed by atoms with Crippen molar-refractivity contribution >= 4 is 28.2 Å². The molecule has 4 aromatic rings. The van der Waals surface area contributed by atoms with Gasteiger partial charge in [-0.25, -0.2) is 9.78 Å². The lowest BCUT2D eigenvalue weighted by Crippen LogP contribution is -2.26. The molecule has 0 saturated carbocycles. The minimum Gasteiger partial charge on any atom is -0.497 e. The summed E-state index contributed by atoms with van der Waals surface area (Å²) in [7, 11) is 1.60. The zero-order chi connectivity index (χ0) is 20.4. The lowest BCUT2D eigenvalue weighted by Gasteiger charge is -2.05. The van der Waals surface area contributed by atoms with E-state index >= 15 is 0 Å². The Labute approximate surface area is 169 Å². The van der Waals surface area contributed by atoms with Crippen molar-refractivity contribution in [3.8, 4) is 16.3 Å². The van der Waals surface area contributed by atoms with Gasteiger partial charge in [0.1, 0.15) is 21.2 Å². The third-order valence-electron chi connectivity index (χ3n) is 4.27. The molecule has 0 unspecified atom stereocenters. The number of hydrogen-bond donors (Lipinski definition) is 0. The van der Waals surface area contributed by atoms with Gasteiger partial charge in [-0.05, 0) is 43.3 Å². The van der Waals surface area contributed by atoms with Gasteiger partial charge in [-0.1, -0.05) is 17.3 Å². The van der Waals surface area contributed by atoms with E-state index in [1.807, 2.05) is 24.3 Å². The molecule has 2 heterocycles. The number of fused-ring (bicyclic) bond motifs is 1. The minimum absolute atomic E-state index is 0.329. The molecule has 0 amide bonds. The van der Waals surface area contributed by atoms with Crippen LogP contribution in [0.3, 0.4) is 0 Å². The lowest BCUT2D eigenvalue weighted by atomic mass is 10.2. The highest BCUT2D eigenvalue weighted by atomic mass is 32.1. The van der Waals surface area contributed by atoms with Crippen LogP contribution in [0.1, 0.15) is 15.4 Å². The molecule has 0 spiro atoms. The molecule has 0 N–H and O–H groups in total. The largest absolute Gasteiger partial charge is 0.497 e. The first kappa shape index (κ1) is 18.8. The Morgan fingerprint density at radius 3 is 2.66 bits per heavy atom. The molecule has 4 rings (SSSR count). The van der Waals surface area contributed by atoms with Gasteiger partial charge in [0.25, 0.3) is 5.56 Å². The van der Waals surface area contributed by atoms with Crippen molar-refractivity contribution < 1.29 is 14.3 Å². The van der Waals surface area contributed by atoms with Gasteiger partial charge >= 0.3 is 5.97 Å². The molecule has 0 saturated heterocycles. The van der Waals surface area contributed by atoms with E-state index in [-0.39, 0.29) is 12.3 Å². The lowest BCUT2D eigenvalue weighted by molar-refractivity contribution is 0.0341. The molecule has 0 atom stereocenters. The van der Waals surface area contributed by atoms with Gasteiger partial charge in [0, 0.05) is 5.56 Å². The molecule has 0 aliphatic rings. The summed E-state index contributed by atoms with van der Waals surface area (Å²) < 4.78 is 11.4. The number of aryl methyl sites for hydroxylation is 1. The Balaban J connectivity index is 1.52. The van der Waals surface area contributed by atoms with E-state index in [0.29, 0.717) is 26.5 Å². The van der Waals surface area contributed by atoms with Gasteiger partial charge in [-0.3, -0.25) is 4.79 Å². The molecule has 8 nitrogen and oxygen atoms in total. The van der Waals surface area contributed by atoms with Crippen LogP contribution in [-0.2, 0) is 11.5 Å². The number of nitrogens with zero attached hydrogens (tertiary/aromatic N) is 4. The molecule has 9 heteroatoms. The summed E-state index contributed by atoms with van der Waals surface area (Å²) in [5.74, 6) is 0.171. The van der Waals surface area contributed by atoms with Gasteiger partial charge in [-0.15, -0.1) is 16.4 Å². The van der Waals surface area contributed by atoms with Crippen molar-refractivity contribution in [3.63, 3.8) is 0 Å². The van der Waals surface area contributed by atoms with Crippen LogP contribution in [0.2, 0.25) is 0 Å². The third kappa shape index (κ3) is 3.72. The van der Waals surface area contributed by atoms with E-state index in [9.17, 15) is 9.59 Å². The summed E-state index contributed by atoms with van der Waals surface area (Å²) >= 11 is 1.23. The normalized spacial score (nSPS) is 10.8. The summed E-state index contributed by atoms with van der Waals surface area (Å²) in [6.45, 7) is 1.41. The van der Waals surface area contributed by atoms with Crippen LogP contribution in [0, 0.1) is 6.92 Å². The number of esters is 1. The summed E-state index contributed by atoms with van der Waals surface area (Å²) in [5, 5.41) is 8.89. The number of carbonyl (C=O) groups excluding carboxylic acids is 1. The minimum atomic E-state index is -0.568. The van der Waals surface area contributed by atoms with E-state index in [4.69, 9.17) is 9.47 Å². The maximum Gasteiger partial charge on any atom is 0.352 e. The molecule has 2 aromatic carbocycles. The van der Waals surface area contributed by atoms with Crippen molar-refractivity contribution in [1.29, 1.82) is 0 Å². The van der Waals surface area contributed by atoms with Crippen LogP contribution in [-0.4, -0.2) is 33.1 Å². The maximum atomic E-state index is 12.5. The second-order valence-electron chi connectivity index (χ2n) is 6.13. The number of methoxy groups -OCH3 is 1. The smallest absolute Gasteiger partial charge is 0.352 e. The van der Waals surface area contributed by atoms with Crippen molar-refractivity contribution in [2.24, 2.45) is 0 Å². The van der Waals surface area contributed by atoms with Crippen molar-refractivity contribution in [1.82, 2.24) is 20.0 Å². The number of carbonyl (C=O) groups is 1. The fraction of sp³-hybridized carbons (Fsp3) is 0.150. The molecule has 0 radical (unpaired) electrons. The highest BCUT2D eigenvalue weighted by molar-refractivity contribution is 7.17. The molecular weight excluding hydrogens is 392 g/mol. The van der Waals surface area contributed by atoms with E-state index in [0.717, 1.165) is 16.0 Å². The Morgan fingerprint density at radius 2 is 1.90 bits per heavy atom. The van der Waals surface area contributed by atoms with Crippen LogP contribution in [0.15, 0.2) is 53.3 Å². The highest BCUT2D eigenvalue weighted by Crippen LogP contribution is 2.29. The standard InChI is InChI=1S/C20H16N4O4S/c1-12-17(29-18(21-12)13-7-9-14(27-2)10-8-13)20(26)28-11-24-19(25)15-5-3-4-6-16(15)22-23-24/h3-10H,11H2,1-2H3. The predicted molar refractivity (Wildman–Crippen MR) is 108 cm³/mol. The Morgan fingerprint density at radius 1 is 1.14 bits per heavy atom. The van der Waals surface area contributed by atoms with Crippen LogP contribution in [0.25, 0.3) is 21.5 Å². The van der Waals surface area contributed by atoms with Crippen LogP contribution in [0.5, 0.6) is 5.75 Å². The summed E-state index contributed by atoms with van der Waals surface area (Å²) in [4.78, 5) is 29.8. The van der Waals surface area contributed by atoms with Gasteiger partial charge in [0.2, 0.25) is 0 Å². The second kappa shape index (κ2) is 7.80. The summed E-state index contributed by atoms with van der Waals surface area (Å²) in [5.41, 5.74) is 1.54. The third-order valence-corrected chi connectivity index (χ3v) is 5.45. The number of hydrogen-bond acceptors (Lipinski definition) is 8. The van der Waals surface area contributed by atoms with Crippen LogP contribution >= 0.6 is 11.3 Å². The Kier molecular flexibility index (Phi) is 5.05. The molecule has 2 aromatic heterocycles. The fourth-order valence-electron chi connectivity index (χ4n) is 2.74. The average molecular weight is 408 g/mol. The summed E-state index contributed by atoms with van der Waals surface area (Å²) in [6.07, 6.45) is 0. The number of ether oxygens (including phenoxy) is 2. The number of rotatable bonds is 5. The first-order valence-electron chi connectivity index (χ1n) is 8.68. The second-order valence-corrected chi connectivity index (χ2v) is 7.13. The van der Waals surface area contributed by atoms with Crippen molar-refractivity contribution in [2.45, 2.75) is 13.7 Å². The molecule has 146 valence electrons.